The predicted molar refractivity (Wildman–Crippen MR) is 80.6 cm³/mol. The summed E-state index contributed by atoms with van der Waals surface area (Å²) in [5.41, 5.74) is 1.36. The van der Waals surface area contributed by atoms with Gasteiger partial charge in [0.1, 0.15) is 5.82 Å². The minimum absolute atomic E-state index is 0.237. The molecule has 0 radical (unpaired) electrons. The van der Waals surface area contributed by atoms with E-state index >= 15 is 0 Å². The third-order valence-electron chi connectivity index (χ3n) is 2.41. The highest BCUT2D eigenvalue weighted by Crippen LogP contribution is 2.26. The molecule has 2 aromatic carbocycles. The smallest absolute Gasteiger partial charge is 0.128 e. The van der Waals surface area contributed by atoms with E-state index in [0.29, 0.717) is 17.1 Å². The zero-order chi connectivity index (χ0) is 13.1. The fourth-order valence-electron chi connectivity index (χ4n) is 1.50. The van der Waals surface area contributed by atoms with Crippen LogP contribution in [0.2, 0.25) is 5.02 Å². The average molecular weight is 393 g/mol. The van der Waals surface area contributed by atoms with Gasteiger partial charge in [0.25, 0.3) is 0 Å². The molecule has 18 heavy (non-hydrogen) atoms. The van der Waals surface area contributed by atoms with Gasteiger partial charge in [-0.05, 0) is 36.4 Å². The van der Waals surface area contributed by atoms with Gasteiger partial charge in [-0.2, -0.15) is 0 Å². The topological polar surface area (TPSA) is 12.0 Å². The standard InChI is InChI=1S/C13H9Br2ClFN/c14-9-1-3-12(17)8(5-9)7-18-13-4-2-10(15)6-11(13)16/h1-6,18H,7H2. The maximum Gasteiger partial charge on any atom is 0.128 e. The summed E-state index contributed by atoms with van der Waals surface area (Å²) in [5, 5.41) is 3.71. The first-order chi connectivity index (χ1) is 8.56. The largest absolute Gasteiger partial charge is 0.380 e. The van der Waals surface area contributed by atoms with Crippen molar-refractivity contribution in [2.45, 2.75) is 6.54 Å². The van der Waals surface area contributed by atoms with Gasteiger partial charge in [-0.25, -0.2) is 4.39 Å². The lowest BCUT2D eigenvalue weighted by Crippen LogP contribution is -2.02. The van der Waals surface area contributed by atoms with Gasteiger partial charge in [-0.15, -0.1) is 0 Å². The molecule has 0 amide bonds. The minimum atomic E-state index is -0.237. The lowest BCUT2D eigenvalue weighted by Gasteiger charge is -2.09. The summed E-state index contributed by atoms with van der Waals surface area (Å²) in [7, 11) is 0. The van der Waals surface area contributed by atoms with Crippen LogP contribution in [0.3, 0.4) is 0 Å². The van der Waals surface area contributed by atoms with E-state index in [1.54, 1.807) is 18.2 Å². The summed E-state index contributed by atoms with van der Waals surface area (Å²) < 4.78 is 15.3. The van der Waals surface area contributed by atoms with Crippen molar-refractivity contribution in [2.75, 3.05) is 5.32 Å². The molecule has 0 aliphatic heterocycles. The van der Waals surface area contributed by atoms with Crippen LogP contribution in [-0.2, 0) is 6.54 Å². The fraction of sp³-hybridized carbons (Fsp3) is 0.0769. The van der Waals surface area contributed by atoms with Crippen LogP contribution < -0.4 is 5.32 Å². The van der Waals surface area contributed by atoms with Crippen molar-refractivity contribution in [3.8, 4) is 0 Å². The van der Waals surface area contributed by atoms with Gasteiger partial charge in [0.2, 0.25) is 0 Å². The molecule has 0 atom stereocenters. The molecule has 0 aliphatic carbocycles. The Balaban J connectivity index is 2.13. The second-order valence-corrected chi connectivity index (χ2v) is 5.95. The number of hydrogen-bond acceptors (Lipinski definition) is 1. The molecule has 1 N–H and O–H groups in total. The Morgan fingerprint density at radius 2 is 1.72 bits per heavy atom. The van der Waals surface area contributed by atoms with E-state index in [-0.39, 0.29) is 5.82 Å². The zero-order valence-electron chi connectivity index (χ0n) is 9.18. The quantitative estimate of drug-likeness (QED) is 0.714. The van der Waals surface area contributed by atoms with Gasteiger partial charge < -0.3 is 5.32 Å². The van der Waals surface area contributed by atoms with E-state index in [2.05, 4.69) is 37.2 Å². The van der Waals surface area contributed by atoms with Crippen molar-refractivity contribution in [2.24, 2.45) is 0 Å². The van der Waals surface area contributed by atoms with Crippen molar-refractivity contribution in [3.63, 3.8) is 0 Å². The molecule has 0 saturated carbocycles. The van der Waals surface area contributed by atoms with Gasteiger partial charge >= 0.3 is 0 Å². The molecule has 1 nitrogen and oxygen atoms in total. The lowest BCUT2D eigenvalue weighted by atomic mass is 10.2. The van der Waals surface area contributed by atoms with Gasteiger partial charge in [0.05, 0.1) is 10.7 Å². The second-order valence-electron chi connectivity index (χ2n) is 3.71. The second kappa shape index (κ2) is 6.04. The van der Waals surface area contributed by atoms with Crippen molar-refractivity contribution in [1.82, 2.24) is 0 Å². The minimum Gasteiger partial charge on any atom is -0.380 e. The van der Waals surface area contributed by atoms with E-state index < -0.39 is 0 Å². The molecular formula is C13H9Br2ClFN. The molecule has 0 spiro atoms. The summed E-state index contributed by atoms with van der Waals surface area (Å²) in [5.74, 6) is -0.237. The van der Waals surface area contributed by atoms with Crippen LogP contribution in [0.25, 0.3) is 0 Å². The van der Waals surface area contributed by atoms with Crippen LogP contribution in [0.1, 0.15) is 5.56 Å². The monoisotopic (exact) mass is 391 g/mol. The summed E-state index contributed by atoms with van der Waals surface area (Å²) in [6.07, 6.45) is 0. The third-order valence-corrected chi connectivity index (χ3v) is 3.71. The van der Waals surface area contributed by atoms with Crippen LogP contribution >= 0.6 is 43.5 Å². The first kappa shape index (κ1) is 13.8. The van der Waals surface area contributed by atoms with E-state index in [1.165, 1.54) is 6.07 Å². The van der Waals surface area contributed by atoms with Gasteiger partial charge in [-0.3, -0.25) is 0 Å². The molecule has 2 aromatic rings. The molecule has 94 valence electrons. The molecule has 0 bridgehead atoms. The predicted octanol–water partition coefficient (Wildman–Crippen LogP) is 5.62. The molecule has 0 aliphatic rings. The van der Waals surface area contributed by atoms with Gasteiger partial charge in [-0.1, -0.05) is 43.5 Å². The highest BCUT2D eigenvalue weighted by atomic mass is 79.9. The molecule has 0 heterocycles. The van der Waals surface area contributed by atoms with Crippen LogP contribution in [0.5, 0.6) is 0 Å². The van der Waals surface area contributed by atoms with Gasteiger partial charge in [0.15, 0.2) is 0 Å². The number of nitrogens with one attached hydrogen (secondary N) is 1. The van der Waals surface area contributed by atoms with E-state index in [1.807, 2.05) is 12.1 Å². The molecule has 0 aromatic heterocycles. The highest BCUT2D eigenvalue weighted by molar-refractivity contribution is 9.10. The van der Waals surface area contributed by atoms with Crippen LogP contribution in [0.4, 0.5) is 10.1 Å². The SMILES string of the molecule is Fc1ccc(Br)cc1CNc1ccc(Br)cc1Cl. The average Bonchev–Trinajstić information content (AvgIpc) is 2.32. The Labute approximate surface area is 127 Å². The van der Waals surface area contributed by atoms with Crippen molar-refractivity contribution in [3.05, 3.63) is 61.7 Å². The van der Waals surface area contributed by atoms with Crippen molar-refractivity contribution in [1.29, 1.82) is 0 Å². The maximum absolute atomic E-state index is 13.5. The normalized spacial score (nSPS) is 10.4. The molecule has 2 rings (SSSR count). The van der Waals surface area contributed by atoms with Crippen molar-refractivity contribution >= 4 is 49.1 Å². The lowest BCUT2D eigenvalue weighted by molar-refractivity contribution is 0.612. The van der Waals surface area contributed by atoms with Crippen LogP contribution in [0.15, 0.2) is 45.3 Å². The number of rotatable bonds is 3. The van der Waals surface area contributed by atoms with E-state index in [9.17, 15) is 4.39 Å². The Hall–Kier alpha value is -0.580. The number of halogens is 4. The molecule has 5 heteroatoms. The van der Waals surface area contributed by atoms with Crippen LogP contribution in [0, 0.1) is 5.82 Å². The van der Waals surface area contributed by atoms with Gasteiger partial charge in [0, 0.05) is 21.1 Å². The number of benzene rings is 2. The Kier molecular flexibility index (Phi) is 4.65. The number of anilines is 1. The first-order valence-electron chi connectivity index (χ1n) is 5.19. The molecule has 0 saturated heterocycles. The Morgan fingerprint density at radius 1 is 1.06 bits per heavy atom. The molecular weight excluding hydrogens is 384 g/mol. The molecule has 0 unspecified atom stereocenters. The first-order valence-corrected chi connectivity index (χ1v) is 7.15. The maximum atomic E-state index is 13.5. The highest BCUT2D eigenvalue weighted by Gasteiger charge is 2.05. The summed E-state index contributed by atoms with van der Waals surface area (Å²) in [6, 6.07) is 10.4. The summed E-state index contributed by atoms with van der Waals surface area (Å²) in [4.78, 5) is 0. The molecule has 0 fully saturated rings. The fourth-order valence-corrected chi connectivity index (χ4v) is 2.65. The number of hydrogen-bond donors (Lipinski definition) is 1. The van der Waals surface area contributed by atoms with E-state index in [0.717, 1.165) is 14.6 Å². The third kappa shape index (κ3) is 3.46. The summed E-state index contributed by atoms with van der Waals surface area (Å²) in [6.45, 7) is 0.382. The van der Waals surface area contributed by atoms with Crippen LogP contribution in [-0.4, -0.2) is 0 Å². The van der Waals surface area contributed by atoms with E-state index in [4.69, 9.17) is 11.6 Å². The Morgan fingerprint density at radius 3 is 2.44 bits per heavy atom. The Bertz CT molecular complexity index is 575. The zero-order valence-corrected chi connectivity index (χ0v) is 13.1. The summed E-state index contributed by atoms with van der Waals surface area (Å²) >= 11 is 12.7. The van der Waals surface area contributed by atoms with Crippen molar-refractivity contribution < 1.29 is 4.39 Å².